The average molecular weight is 509 g/mol. The molecule has 0 bridgehead atoms. The van der Waals surface area contributed by atoms with Crippen molar-refractivity contribution in [2.45, 2.75) is 17.6 Å². The summed E-state index contributed by atoms with van der Waals surface area (Å²) in [6.45, 7) is 0.629. The van der Waals surface area contributed by atoms with E-state index >= 15 is 0 Å². The van der Waals surface area contributed by atoms with Crippen LogP contribution < -0.4 is 5.32 Å². The van der Waals surface area contributed by atoms with Crippen LogP contribution in [0.1, 0.15) is 11.1 Å². The number of nitrogens with one attached hydrogen (secondary N) is 1. The smallest absolute Gasteiger partial charge is 0.342 e. The molecule has 0 spiro atoms. The topological polar surface area (TPSA) is 34.0 Å². The quantitative estimate of drug-likeness (QED) is 0.270. The highest BCUT2D eigenvalue weighted by Crippen LogP contribution is 2.34. The van der Waals surface area contributed by atoms with E-state index in [1.807, 2.05) is 54.7 Å². The summed E-state index contributed by atoms with van der Waals surface area (Å²) in [7, 11) is 0. The molecule has 33 heavy (non-hydrogen) atoms. The number of alkyl halides is 3. The van der Waals surface area contributed by atoms with Gasteiger partial charge in [0.2, 0.25) is 5.91 Å². The minimum absolute atomic E-state index is 0.0154. The third kappa shape index (κ3) is 5.66. The van der Waals surface area contributed by atoms with E-state index in [4.69, 9.17) is 23.2 Å². The second kappa shape index (κ2) is 9.71. The van der Waals surface area contributed by atoms with Crippen molar-refractivity contribution in [3.63, 3.8) is 0 Å². The van der Waals surface area contributed by atoms with Gasteiger partial charge in [0.1, 0.15) is 0 Å². The highest BCUT2D eigenvalue weighted by Gasteiger charge is 2.31. The monoisotopic (exact) mass is 508 g/mol. The van der Waals surface area contributed by atoms with Crippen molar-refractivity contribution in [2.75, 3.05) is 11.1 Å². The Labute approximate surface area is 202 Å². The van der Waals surface area contributed by atoms with Crippen LogP contribution in [-0.4, -0.2) is 16.2 Å². The molecule has 1 heterocycles. The molecule has 0 radical (unpaired) electrons. The summed E-state index contributed by atoms with van der Waals surface area (Å²) >= 11 is 13.3. The first-order valence-corrected chi connectivity index (χ1v) is 11.6. The number of thioether (sulfide) groups is 1. The van der Waals surface area contributed by atoms with E-state index in [-0.39, 0.29) is 16.5 Å². The van der Waals surface area contributed by atoms with Crippen LogP contribution in [-0.2, 0) is 17.5 Å². The Morgan fingerprint density at radius 3 is 2.45 bits per heavy atom. The zero-order chi connectivity index (χ0) is 23.6. The van der Waals surface area contributed by atoms with Gasteiger partial charge in [-0.1, -0.05) is 53.5 Å². The van der Waals surface area contributed by atoms with Gasteiger partial charge in [-0.3, -0.25) is 4.79 Å². The summed E-state index contributed by atoms with van der Waals surface area (Å²) in [4.78, 5) is 13.4. The summed E-state index contributed by atoms with van der Waals surface area (Å²) in [5, 5.41) is 4.18. The number of aromatic nitrogens is 1. The number of para-hydroxylation sites is 1. The van der Waals surface area contributed by atoms with E-state index in [1.165, 1.54) is 11.8 Å². The Bertz CT molecular complexity index is 1300. The summed E-state index contributed by atoms with van der Waals surface area (Å²) in [6, 6.07) is 18.2. The molecular formula is C24H17Cl2F3N2OS. The predicted molar refractivity (Wildman–Crippen MR) is 128 cm³/mol. The molecule has 3 nitrogen and oxygen atoms in total. The largest absolute Gasteiger partial charge is 0.416 e. The number of hydrogen-bond donors (Lipinski definition) is 1. The van der Waals surface area contributed by atoms with Gasteiger partial charge < -0.3 is 9.88 Å². The molecule has 1 N–H and O–H groups in total. The minimum atomic E-state index is -4.52. The zero-order valence-corrected chi connectivity index (χ0v) is 19.3. The van der Waals surface area contributed by atoms with E-state index in [2.05, 4.69) is 9.88 Å². The third-order valence-electron chi connectivity index (χ3n) is 4.94. The molecule has 9 heteroatoms. The highest BCUT2D eigenvalue weighted by atomic mass is 35.5. The van der Waals surface area contributed by atoms with Crippen LogP contribution in [0, 0.1) is 0 Å². The van der Waals surface area contributed by atoms with E-state index in [0.29, 0.717) is 11.6 Å². The normalized spacial score (nSPS) is 11.7. The second-order valence-corrected chi connectivity index (χ2v) is 9.15. The standard InChI is InChI=1S/C24H17Cl2F3N2OS/c25-17-8-5-15(6-9-17)12-31-13-22(18-3-1-2-4-21(18)31)33-14-23(32)30-20-11-16(24(27,28)29)7-10-19(20)26/h1-11,13H,12,14H2,(H,30,32). The summed E-state index contributed by atoms with van der Waals surface area (Å²) in [5.74, 6) is -0.433. The molecule has 1 amide bonds. The molecule has 1 aromatic heterocycles. The number of amides is 1. The highest BCUT2D eigenvalue weighted by molar-refractivity contribution is 8.00. The molecule has 0 atom stereocenters. The summed E-state index contributed by atoms with van der Waals surface area (Å²) < 4.78 is 41.0. The Hall–Kier alpha value is -2.61. The number of anilines is 1. The lowest BCUT2D eigenvalue weighted by Gasteiger charge is -2.11. The molecule has 3 aromatic carbocycles. The van der Waals surface area contributed by atoms with E-state index in [0.717, 1.165) is 39.6 Å². The molecule has 4 rings (SSSR count). The second-order valence-electron chi connectivity index (χ2n) is 7.29. The van der Waals surface area contributed by atoms with Gasteiger partial charge in [-0.2, -0.15) is 13.2 Å². The van der Waals surface area contributed by atoms with Crippen molar-refractivity contribution in [1.82, 2.24) is 4.57 Å². The number of hydrogen-bond acceptors (Lipinski definition) is 2. The fourth-order valence-electron chi connectivity index (χ4n) is 3.37. The third-order valence-corrected chi connectivity index (χ3v) is 6.57. The fourth-order valence-corrected chi connectivity index (χ4v) is 4.55. The van der Waals surface area contributed by atoms with Crippen LogP contribution in [0.5, 0.6) is 0 Å². The predicted octanol–water partition coefficient (Wildman–Crippen LogP) is 7.75. The van der Waals surface area contributed by atoms with Crippen molar-refractivity contribution in [3.05, 3.63) is 94.1 Å². The fraction of sp³-hybridized carbons (Fsp3) is 0.125. The SMILES string of the molecule is O=C(CSc1cn(Cc2ccc(Cl)cc2)c2ccccc12)Nc1cc(C(F)(F)F)ccc1Cl. The van der Waals surface area contributed by atoms with E-state index in [9.17, 15) is 18.0 Å². The Balaban J connectivity index is 1.49. The number of nitrogens with zero attached hydrogens (tertiary/aromatic N) is 1. The Morgan fingerprint density at radius 1 is 1.00 bits per heavy atom. The van der Waals surface area contributed by atoms with Crippen molar-refractivity contribution >= 4 is 57.5 Å². The lowest BCUT2D eigenvalue weighted by molar-refractivity contribution is -0.137. The van der Waals surface area contributed by atoms with Crippen LogP contribution in [0.15, 0.2) is 77.8 Å². The molecule has 0 aliphatic carbocycles. The van der Waals surface area contributed by atoms with Crippen molar-refractivity contribution < 1.29 is 18.0 Å². The molecule has 0 aliphatic heterocycles. The van der Waals surface area contributed by atoms with Crippen LogP contribution in [0.3, 0.4) is 0 Å². The molecule has 170 valence electrons. The Kier molecular flexibility index (Phi) is 6.93. The number of carbonyl (C=O) groups is 1. The number of rotatable bonds is 6. The van der Waals surface area contributed by atoms with Gasteiger partial charge in [-0.25, -0.2) is 0 Å². The van der Waals surface area contributed by atoms with Gasteiger partial charge in [0.25, 0.3) is 0 Å². The van der Waals surface area contributed by atoms with Gasteiger partial charge in [0.05, 0.1) is 22.0 Å². The summed E-state index contributed by atoms with van der Waals surface area (Å²) in [6.07, 6.45) is -2.56. The summed E-state index contributed by atoms with van der Waals surface area (Å²) in [5.41, 5.74) is 1.15. The van der Waals surface area contributed by atoms with Gasteiger partial charge in [-0.15, -0.1) is 11.8 Å². The van der Waals surface area contributed by atoms with Gasteiger partial charge >= 0.3 is 6.18 Å². The van der Waals surface area contributed by atoms with Crippen LogP contribution in [0.25, 0.3) is 10.9 Å². The van der Waals surface area contributed by atoms with Crippen molar-refractivity contribution in [2.24, 2.45) is 0 Å². The first-order valence-electron chi connectivity index (χ1n) is 9.82. The van der Waals surface area contributed by atoms with Gasteiger partial charge in [0.15, 0.2) is 0 Å². The molecule has 4 aromatic rings. The van der Waals surface area contributed by atoms with Gasteiger partial charge in [0, 0.05) is 33.6 Å². The maximum atomic E-state index is 13.0. The number of carbonyl (C=O) groups excluding carboxylic acids is 1. The Morgan fingerprint density at radius 2 is 1.73 bits per heavy atom. The molecule has 0 saturated carbocycles. The molecular weight excluding hydrogens is 492 g/mol. The number of halogens is 5. The number of benzene rings is 3. The first-order chi connectivity index (χ1) is 15.7. The lowest BCUT2D eigenvalue weighted by atomic mass is 10.2. The molecule has 0 unspecified atom stereocenters. The van der Waals surface area contributed by atoms with Crippen LogP contribution >= 0.6 is 35.0 Å². The maximum Gasteiger partial charge on any atom is 0.416 e. The molecule has 0 fully saturated rings. The van der Waals surface area contributed by atoms with Crippen molar-refractivity contribution in [1.29, 1.82) is 0 Å². The molecule has 0 aliphatic rings. The average Bonchev–Trinajstić information content (AvgIpc) is 3.12. The minimum Gasteiger partial charge on any atom is -0.342 e. The maximum absolute atomic E-state index is 13.0. The van der Waals surface area contributed by atoms with Crippen molar-refractivity contribution in [3.8, 4) is 0 Å². The number of fused-ring (bicyclic) bond motifs is 1. The van der Waals surface area contributed by atoms with Crippen LogP contribution in [0.4, 0.5) is 18.9 Å². The zero-order valence-electron chi connectivity index (χ0n) is 17.0. The van der Waals surface area contributed by atoms with Gasteiger partial charge in [-0.05, 0) is 42.0 Å². The van der Waals surface area contributed by atoms with E-state index in [1.54, 1.807) is 0 Å². The van der Waals surface area contributed by atoms with Crippen LogP contribution in [0.2, 0.25) is 10.0 Å². The lowest BCUT2D eigenvalue weighted by Crippen LogP contribution is -2.15. The first kappa shape index (κ1) is 23.5. The van der Waals surface area contributed by atoms with E-state index < -0.39 is 17.6 Å². The molecule has 0 saturated heterocycles.